The van der Waals surface area contributed by atoms with Crippen molar-refractivity contribution in [2.75, 3.05) is 30.4 Å². The number of carboxylic acid groups (broad SMARTS) is 1. The van der Waals surface area contributed by atoms with E-state index in [0.717, 1.165) is 0 Å². The summed E-state index contributed by atoms with van der Waals surface area (Å²) < 4.78 is 4.83. The number of aromatic carboxylic acids is 1. The van der Waals surface area contributed by atoms with Crippen LogP contribution in [-0.2, 0) is 14.3 Å². The van der Waals surface area contributed by atoms with Crippen LogP contribution < -0.4 is 10.2 Å². The van der Waals surface area contributed by atoms with Crippen molar-refractivity contribution in [2.24, 2.45) is 0 Å². The topological polar surface area (TPSA) is 95.9 Å². The molecule has 0 atom stereocenters. The summed E-state index contributed by atoms with van der Waals surface area (Å²) in [6.07, 6.45) is 0. The molecule has 1 amide bonds. The van der Waals surface area contributed by atoms with E-state index >= 15 is 0 Å². The van der Waals surface area contributed by atoms with Crippen LogP contribution in [0.1, 0.15) is 24.2 Å². The fraction of sp³-hybridized carbons (Fsp3) is 0.357. The number of ether oxygens (including phenoxy) is 1. The second-order valence-corrected chi connectivity index (χ2v) is 4.38. The zero-order chi connectivity index (χ0) is 16.0. The van der Waals surface area contributed by atoms with Crippen LogP contribution in [0.2, 0.25) is 0 Å². The molecule has 0 bridgehead atoms. The average molecular weight is 294 g/mol. The number of esters is 1. The SMILES string of the molecule is CCOC(=O)CN(C)c1ccc(NC(C)=O)cc1C(=O)O. The van der Waals surface area contributed by atoms with Crippen molar-refractivity contribution in [3.8, 4) is 0 Å². The Bertz CT molecular complexity index is 556. The van der Waals surface area contributed by atoms with Crippen LogP contribution >= 0.6 is 0 Å². The maximum absolute atomic E-state index is 11.5. The molecule has 0 heterocycles. The van der Waals surface area contributed by atoms with Gasteiger partial charge in [0.05, 0.1) is 17.9 Å². The van der Waals surface area contributed by atoms with E-state index in [1.54, 1.807) is 20.0 Å². The first-order valence-corrected chi connectivity index (χ1v) is 6.36. The molecule has 1 rings (SSSR count). The molecule has 0 aliphatic rings. The van der Waals surface area contributed by atoms with Gasteiger partial charge in [0.1, 0.15) is 6.54 Å². The number of hydrogen-bond acceptors (Lipinski definition) is 5. The Labute approximate surface area is 122 Å². The van der Waals surface area contributed by atoms with Crippen molar-refractivity contribution >= 4 is 29.2 Å². The molecule has 7 heteroatoms. The Morgan fingerprint density at radius 3 is 2.52 bits per heavy atom. The van der Waals surface area contributed by atoms with Gasteiger partial charge in [-0.3, -0.25) is 9.59 Å². The fourth-order valence-corrected chi connectivity index (χ4v) is 1.81. The van der Waals surface area contributed by atoms with Gasteiger partial charge in [-0.1, -0.05) is 0 Å². The summed E-state index contributed by atoms with van der Waals surface area (Å²) in [5, 5.41) is 11.8. The van der Waals surface area contributed by atoms with Crippen molar-refractivity contribution in [3.63, 3.8) is 0 Å². The first-order valence-electron chi connectivity index (χ1n) is 6.36. The van der Waals surface area contributed by atoms with Crippen molar-refractivity contribution in [1.29, 1.82) is 0 Å². The van der Waals surface area contributed by atoms with Gasteiger partial charge < -0.3 is 20.1 Å². The number of amides is 1. The lowest BCUT2D eigenvalue weighted by atomic mass is 10.1. The van der Waals surface area contributed by atoms with E-state index in [2.05, 4.69) is 5.32 Å². The monoisotopic (exact) mass is 294 g/mol. The Morgan fingerprint density at radius 1 is 1.33 bits per heavy atom. The third kappa shape index (κ3) is 4.79. The van der Waals surface area contributed by atoms with E-state index in [1.807, 2.05) is 0 Å². The Balaban J connectivity index is 3.02. The molecule has 1 aromatic carbocycles. The minimum Gasteiger partial charge on any atom is -0.478 e. The van der Waals surface area contributed by atoms with Crippen molar-refractivity contribution < 1.29 is 24.2 Å². The van der Waals surface area contributed by atoms with Gasteiger partial charge in [-0.15, -0.1) is 0 Å². The number of nitrogens with zero attached hydrogens (tertiary/aromatic N) is 1. The number of carboxylic acids is 1. The second-order valence-electron chi connectivity index (χ2n) is 4.38. The Morgan fingerprint density at radius 2 is 2.00 bits per heavy atom. The number of carbonyl (C=O) groups excluding carboxylic acids is 2. The molecule has 21 heavy (non-hydrogen) atoms. The minimum absolute atomic E-state index is 0.00644. The highest BCUT2D eigenvalue weighted by molar-refractivity contribution is 5.98. The number of likely N-dealkylation sites (N-methyl/N-ethyl adjacent to an activating group) is 1. The molecule has 1 aromatic rings. The highest BCUT2D eigenvalue weighted by atomic mass is 16.5. The smallest absolute Gasteiger partial charge is 0.337 e. The van der Waals surface area contributed by atoms with Crippen LogP contribution in [0.5, 0.6) is 0 Å². The van der Waals surface area contributed by atoms with E-state index in [0.29, 0.717) is 11.4 Å². The van der Waals surface area contributed by atoms with E-state index in [-0.39, 0.29) is 24.6 Å². The predicted molar refractivity (Wildman–Crippen MR) is 77.6 cm³/mol. The summed E-state index contributed by atoms with van der Waals surface area (Å²) in [4.78, 5) is 35.3. The highest BCUT2D eigenvalue weighted by Crippen LogP contribution is 2.23. The van der Waals surface area contributed by atoms with Gasteiger partial charge in [0.15, 0.2) is 0 Å². The molecule has 0 aromatic heterocycles. The summed E-state index contributed by atoms with van der Waals surface area (Å²) in [5.74, 6) is -1.88. The average Bonchev–Trinajstić information content (AvgIpc) is 2.37. The number of anilines is 2. The van der Waals surface area contributed by atoms with Crippen LogP contribution in [0.3, 0.4) is 0 Å². The lowest BCUT2D eigenvalue weighted by molar-refractivity contribution is -0.141. The third-order valence-electron chi connectivity index (χ3n) is 2.63. The predicted octanol–water partition coefficient (Wildman–Crippen LogP) is 1.34. The molecule has 0 aliphatic carbocycles. The summed E-state index contributed by atoms with van der Waals surface area (Å²) in [7, 11) is 1.59. The van der Waals surface area contributed by atoms with E-state index in [1.165, 1.54) is 24.0 Å². The first kappa shape index (κ1) is 16.5. The highest BCUT2D eigenvalue weighted by Gasteiger charge is 2.17. The molecular weight excluding hydrogens is 276 g/mol. The van der Waals surface area contributed by atoms with Gasteiger partial charge in [-0.25, -0.2) is 4.79 Å². The van der Waals surface area contributed by atoms with Crippen LogP contribution in [0, 0.1) is 0 Å². The second kappa shape index (κ2) is 7.28. The molecule has 0 saturated carbocycles. The van der Waals surface area contributed by atoms with Crippen LogP contribution in [-0.4, -0.2) is 43.2 Å². The molecule has 0 aliphatic heterocycles. The van der Waals surface area contributed by atoms with Crippen LogP contribution in [0.15, 0.2) is 18.2 Å². The van der Waals surface area contributed by atoms with Gasteiger partial charge in [-0.2, -0.15) is 0 Å². The van der Waals surface area contributed by atoms with Crippen molar-refractivity contribution in [1.82, 2.24) is 0 Å². The lowest BCUT2D eigenvalue weighted by Crippen LogP contribution is -2.28. The number of nitrogens with one attached hydrogen (secondary N) is 1. The molecule has 114 valence electrons. The van der Waals surface area contributed by atoms with Gasteiger partial charge in [0.2, 0.25) is 5.91 Å². The molecule has 0 unspecified atom stereocenters. The molecule has 0 saturated heterocycles. The minimum atomic E-state index is -1.15. The van der Waals surface area contributed by atoms with Crippen molar-refractivity contribution in [2.45, 2.75) is 13.8 Å². The maximum Gasteiger partial charge on any atom is 0.337 e. The summed E-state index contributed by atoms with van der Waals surface area (Å²) in [6, 6.07) is 4.46. The van der Waals surface area contributed by atoms with Gasteiger partial charge in [-0.05, 0) is 25.1 Å². The summed E-state index contributed by atoms with van der Waals surface area (Å²) >= 11 is 0. The Kier molecular flexibility index (Phi) is 5.71. The van der Waals surface area contributed by atoms with Crippen LogP contribution in [0.4, 0.5) is 11.4 Å². The zero-order valence-corrected chi connectivity index (χ0v) is 12.2. The zero-order valence-electron chi connectivity index (χ0n) is 12.2. The number of rotatable bonds is 6. The van der Waals surface area contributed by atoms with Gasteiger partial charge in [0.25, 0.3) is 0 Å². The molecule has 0 spiro atoms. The lowest BCUT2D eigenvalue weighted by Gasteiger charge is -2.20. The molecule has 7 nitrogen and oxygen atoms in total. The maximum atomic E-state index is 11.5. The number of benzene rings is 1. The van der Waals surface area contributed by atoms with Crippen LogP contribution in [0.25, 0.3) is 0 Å². The van der Waals surface area contributed by atoms with E-state index in [9.17, 15) is 19.5 Å². The Hall–Kier alpha value is -2.57. The molecule has 0 fully saturated rings. The number of carbonyl (C=O) groups is 3. The first-order chi connectivity index (χ1) is 9.85. The molecule has 2 N–H and O–H groups in total. The summed E-state index contributed by atoms with van der Waals surface area (Å²) in [6.45, 7) is 3.23. The van der Waals surface area contributed by atoms with Crippen molar-refractivity contribution in [3.05, 3.63) is 23.8 Å². The standard InChI is InChI=1S/C14H18N2O5/c1-4-21-13(18)8-16(3)12-6-5-10(15-9(2)17)7-11(12)14(19)20/h5-7H,4,8H2,1-3H3,(H,15,17)(H,19,20). The largest absolute Gasteiger partial charge is 0.478 e. The normalized spacial score (nSPS) is 9.86. The molecular formula is C14H18N2O5. The van der Waals surface area contributed by atoms with Gasteiger partial charge in [0, 0.05) is 19.7 Å². The van der Waals surface area contributed by atoms with E-state index < -0.39 is 11.9 Å². The van der Waals surface area contributed by atoms with Gasteiger partial charge >= 0.3 is 11.9 Å². The molecule has 0 radical (unpaired) electrons. The summed E-state index contributed by atoms with van der Waals surface area (Å²) in [5.41, 5.74) is 0.742. The number of hydrogen-bond donors (Lipinski definition) is 2. The van der Waals surface area contributed by atoms with E-state index in [4.69, 9.17) is 4.74 Å². The quantitative estimate of drug-likeness (QED) is 0.769. The fourth-order valence-electron chi connectivity index (χ4n) is 1.81. The third-order valence-corrected chi connectivity index (χ3v) is 2.63.